The van der Waals surface area contributed by atoms with Crippen LogP contribution in [-0.2, 0) is 9.53 Å². The zero-order valence-electron chi connectivity index (χ0n) is 8.63. The molecule has 0 saturated carbocycles. The second kappa shape index (κ2) is 3.42. The van der Waals surface area contributed by atoms with Gasteiger partial charge in [-0.2, -0.15) is 0 Å². The lowest BCUT2D eigenvalue weighted by atomic mass is 10.1. The molecule has 2 unspecified atom stereocenters. The number of anilines is 1. The molecule has 4 heteroatoms. The highest BCUT2D eigenvalue weighted by molar-refractivity contribution is 6.03. The fraction of sp³-hybridized carbons (Fsp3) is 0.333. The largest absolute Gasteiger partial charge is 0.366 e. The van der Waals surface area contributed by atoms with Gasteiger partial charge in [0.25, 0.3) is 5.91 Å². The molecular weight excluding hydrogens is 206 g/mol. The minimum Gasteiger partial charge on any atom is -0.366 e. The maximum absolute atomic E-state index is 11.9. The van der Waals surface area contributed by atoms with E-state index in [0.29, 0.717) is 17.9 Å². The maximum Gasteiger partial charge on any atom is 0.256 e. The highest BCUT2D eigenvalue weighted by Gasteiger charge is 2.47. The summed E-state index contributed by atoms with van der Waals surface area (Å²) in [4.78, 5) is 24.6. The lowest BCUT2D eigenvalue weighted by molar-refractivity contribution is -0.128. The van der Waals surface area contributed by atoms with E-state index < -0.39 is 0 Å². The number of amides is 1. The van der Waals surface area contributed by atoms with Gasteiger partial charge >= 0.3 is 0 Å². The molecule has 4 nitrogen and oxygen atoms in total. The Kier molecular flexibility index (Phi) is 2.04. The third-order valence-corrected chi connectivity index (χ3v) is 3.18. The van der Waals surface area contributed by atoms with E-state index in [1.807, 2.05) is 12.1 Å². The van der Waals surface area contributed by atoms with Crippen molar-refractivity contribution in [2.24, 2.45) is 0 Å². The molecule has 3 rings (SSSR count). The topological polar surface area (TPSA) is 46.6 Å². The summed E-state index contributed by atoms with van der Waals surface area (Å²) in [5, 5.41) is 0. The van der Waals surface area contributed by atoms with Crippen LogP contribution in [0.25, 0.3) is 0 Å². The van der Waals surface area contributed by atoms with Gasteiger partial charge in [0.15, 0.2) is 6.29 Å². The molecular formula is C12H11NO3. The van der Waals surface area contributed by atoms with Gasteiger partial charge in [-0.15, -0.1) is 0 Å². The number of para-hydroxylation sites is 1. The van der Waals surface area contributed by atoms with Crippen LogP contribution in [0.15, 0.2) is 24.3 Å². The molecule has 1 aromatic carbocycles. The van der Waals surface area contributed by atoms with Crippen LogP contribution in [0.3, 0.4) is 0 Å². The Labute approximate surface area is 92.8 Å². The van der Waals surface area contributed by atoms with Crippen LogP contribution in [-0.4, -0.2) is 30.9 Å². The Bertz CT molecular complexity index is 457. The monoisotopic (exact) mass is 217 g/mol. The van der Waals surface area contributed by atoms with Crippen LogP contribution < -0.4 is 4.90 Å². The molecule has 82 valence electrons. The fourth-order valence-corrected chi connectivity index (χ4v) is 2.42. The predicted octanol–water partition coefficient (Wildman–Crippen LogP) is 1.00. The number of morpholine rings is 1. The Balaban J connectivity index is 2.04. The van der Waals surface area contributed by atoms with Gasteiger partial charge < -0.3 is 9.64 Å². The number of rotatable bonds is 2. The standard InChI is InChI=1S/C12H11NO3/c14-6-8-3-1-2-4-10(8)13-9-5-11(12(13)15)16-7-9/h1-4,6,9,11H,5,7H2. The van der Waals surface area contributed by atoms with Crippen molar-refractivity contribution in [1.82, 2.24) is 0 Å². The van der Waals surface area contributed by atoms with Crippen molar-refractivity contribution in [2.75, 3.05) is 11.5 Å². The second-order valence-electron chi connectivity index (χ2n) is 4.10. The third-order valence-electron chi connectivity index (χ3n) is 3.18. The lowest BCUT2D eigenvalue weighted by Gasteiger charge is -2.27. The van der Waals surface area contributed by atoms with Crippen LogP contribution in [0, 0.1) is 0 Å². The van der Waals surface area contributed by atoms with Crippen LogP contribution in [0.1, 0.15) is 16.8 Å². The highest BCUT2D eigenvalue weighted by atomic mass is 16.5. The zero-order chi connectivity index (χ0) is 11.1. The summed E-state index contributed by atoms with van der Waals surface area (Å²) >= 11 is 0. The van der Waals surface area contributed by atoms with Crippen molar-refractivity contribution in [1.29, 1.82) is 0 Å². The number of hydrogen-bond acceptors (Lipinski definition) is 3. The molecule has 1 aromatic rings. The zero-order valence-corrected chi connectivity index (χ0v) is 8.63. The molecule has 2 saturated heterocycles. The smallest absolute Gasteiger partial charge is 0.256 e. The first-order valence-electron chi connectivity index (χ1n) is 5.30. The molecule has 2 aliphatic rings. The van der Waals surface area contributed by atoms with E-state index in [4.69, 9.17) is 4.74 Å². The van der Waals surface area contributed by atoms with Crippen LogP contribution >= 0.6 is 0 Å². The van der Waals surface area contributed by atoms with Crippen molar-refractivity contribution >= 4 is 17.9 Å². The third kappa shape index (κ3) is 1.20. The molecule has 0 spiro atoms. The first-order chi connectivity index (χ1) is 7.81. The molecule has 16 heavy (non-hydrogen) atoms. The Morgan fingerprint density at radius 1 is 1.38 bits per heavy atom. The minimum atomic E-state index is -0.301. The molecule has 0 radical (unpaired) electrons. The van der Waals surface area contributed by atoms with E-state index in [2.05, 4.69) is 0 Å². The highest BCUT2D eigenvalue weighted by Crippen LogP contribution is 2.34. The summed E-state index contributed by atoms with van der Waals surface area (Å²) in [5.41, 5.74) is 1.27. The molecule has 2 aliphatic heterocycles. The van der Waals surface area contributed by atoms with E-state index in [0.717, 1.165) is 12.7 Å². The summed E-state index contributed by atoms with van der Waals surface area (Å²) < 4.78 is 5.31. The number of aldehydes is 1. The van der Waals surface area contributed by atoms with Crippen molar-refractivity contribution in [2.45, 2.75) is 18.6 Å². The van der Waals surface area contributed by atoms with Gasteiger partial charge in [-0.05, 0) is 12.1 Å². The first kappa shape index (κ1) is 9.54. The average molecular weight is 217 g/mol. The summed E-state index contributed by atoms with van der Waals surface area (Å²) in [6, 6.07) is 7.26. The Morgan fingerprint density at radius 3 is 2.88 bits per heavy atom. The number of nitrogens with zero attached hydrogens (tertiary/aromatic N) is 1. The number of ether oxygens (including phenoxy) is 1. The van der Waals surface area contributed by atoms with Gasteiger partial charge in [-0.1, -0.05) is 12.1 Å². The Hall–Kier alpha value is -1.68. The van der Waals surface area contributed by atoms with E-state index in [-0.39, 0.29) is 18.1 Å². The quantitative estimate of drug-likeness (QED) is 0.694. The lowest BCUT2D eigenvalue weighted by Crippen LogP contribution is -2.42. The second-order valence-corrected chi connectivity index (χ2v) is 4.10. The Morgan fingerprint density at radius 2 is 2.19 bits per heavy atom. The summed E-state index contributed by atoms with van der Waals surface area (Å²) in [6.07, 6.45) is 1.23. The summed E-state index contributed by atoms with van der Waals surface area (Å²) in [5.74, 6) is -0.0226. The number of hydrogen-bond donors (Lipinski definition) is 0. The van der Waals surface area contributed by atoms with Crippen LogP contribution in [0.4, 0.5) is 5.69 Å². The molecule has 0 aromatic heterocycles. The van der Waals surface area contributed by atoms with Gasteiger partial charge in [-0.3, -0.25) is 9.59 Å². The van der Waals surface area contributed by atoms with Crippen molar-refractivity contribution in [3.8, 4) is 0 Å². The van der Waals surface area contributed by atoms with Crippen LogP contribution in [0.5, 0.6) is 0 Å². The van der Waals surface area contributed by atoms with E-state index >= 15 is 0 Å². The summed E-state index contributed by atoms with van der Waals surface area (Å²) in [7, 11) is 0. The SMILES string of the molecule is O=Cc1ccccc1N1C(=O)C2CC1CO2. The molecule has 0 aliphatic carbocycles. The van der Waals surface area contributed by atoms with Gasteiger partial charge in [0.1, 0.15) is 6.10 Å². The van der Waals surface area contributed by atoms with Crippen LogP contribution in [0.2, 0.25) is 0 Å². The molecule has 2 bridgehead atoms. The van der Waals surface area contributed by atoms with Crippen molar-refractivity contribution in [3.63, 3.8) is 0 Å². The van der Waals surface area contributed by atoms with Gasteiger partial charge in [0.2, 0.25) is 0 Å². The number of fused-ring (bicyclic) bond motifs is 2. The van der Waals surface area contributed by atoms with Gasteiger partial charge in [0.05, 0.1) is 18.3 Å². The first-order valence-corrected chi connectivity index (χ1v) is 5.30. The van der Waals surface area contributed by atoms with E-state index in [9.17, 15) is 9.59 Å². The number of carbonyl (C=O) groups excluding carboxylic acids is 2. The average Bonchev–Trinajstić information content (AvgIpc) is 2.89. The molecule has 2 fully saturated rings. The summed E-state index contributed by atoms with van der Waals surface area (Å²) in [6.45, 7) is 0.573. The molecule has 2 heterocycles. The minimum absolute atomic E-state index is 0.0226. The van der Waals surface area contributed by atoms with Crippen molar-refractivity contribution in [3.05, 3.63) is 29.8 Å². The van der Waals surface area contributed by atoms with Gasteiger partial charge in [-0.25, -0.2) is 0 Å². The van der Waals surface area contributed by atoms with Crippen molar-refractivity contribution < 1.29 is 14.3 Å². The van der Waals surface area contributed by atoms with E-state index in [1.165, 1.54) is 0 Å². The van der Waals surface area contributed by atoms with E-state index in [1.54, 1.807) is 17.0 Å². The number of carbonyl (C=O) groups is 2. The molecule has 1 amide bonds. The predicted molar refractivity (Wildman–Crippen MR) is 57.5 cm³/mol. The van der Waals surface area contributed by atoms with Gasteiger partial charge in [0, 0.05) is 12.0 Å². The normalized spacial score (nSPS) is 27.5. The number of benzene rings is 1. The molecule has 0 N–H and O–H groups in total. The maximum atomic E-state index is 11.9. The fourth-order valence-electron chi connectivity index (χ4n) is 2.42. The molecule has 2 atom stereocenters.